The smallest absolute Gasteiger partial charge is 0.0202 e. The Bertz CT molecular complexity index is 231. The zero-order chi connectivity index (χ0) is 16.1. The van der Waals surface area contributed by atoms with E-state index in [0.29, 0.717) is 0 Å². The quantitative estimate of drug-likeness (QED) is 0.347. The van der Waals surface area contributed by atoms with Gasteiger partial charge in [0.15, 0.2) is 0 Å². The van der Waals surface area contributed by atoms with Gasteiger partial charge < -0.3 is 31.9 Å². The topological polar surface area (TPSA) is 72.2 Å². The first-order valence-corrected chi connectivity index (χ1v) is 9.66. The summed E-state index contributed by atoms with van der Waals surface area (Å²) in [4.78, 5) is 0. The fourth-order valence-electron chi connectivity index (χ4n) is 3.39. The molecule has 0 aromatic carbocycles. The van der Waals surface area contributed by atoms with Crippen molar-refractivity contribution in [3.05, 3.63) is 0 Å². The van der Waals surface area contributed by atoms with Gasteiger partial charge in [0.05, 0.1) is 0 Å². The van der Waals surface area contributed by atoms with Crippen LogP contribution >= 0.6 is 0 Å². The second-order valence-corrected chi connectivity index (χ2v) is 7.12. The third-order valence-corrected chi connectivity index (χ3v) is 4.83. The highest BCUT2D eigenvalue weighted by Crippen LogP contribution is 2.14. The highest BCUT2D eigenvalue weighted by atomic mass is 15.0. The van der Waals surface area contributed by atoms with Gasteiger partial charge in [-0.05, 0) is 78.0 Å². The van der Waals surface area contributed by atoms with Crippen molar-refractivity contribution in [1.29, 1.82) is 0 Å². The number of hydrogen-bond donors (Lipinski definition) is 6. The van der Waals surface area contributed by atoms with Crippen molar-refractivity contribution < 1.29 is 0 Å². The van der Waals surface area contributed by atoms with Gasteiger partial charge in [-0.1, -0.05) is 0 Å². The SMILES string of the molecule is C1CNCCCNCC2(CNC1)CNCCCNCCCNC2. The third-order valence-electron chi connectivity index (χ3n) is 4.83. The molecule has 136 valence electrons. The van der Waals surface area contributed by atoms with E-state index in [1.807, 2.05) is 0 Å². The van der Waals surface area contributed by atoms with Crippen molar-refractivity contribution in [2.45, 2.75) is 25.7 Å². The molecule has 2 fully saturated rings. The Hall–Kier alpha value is -0.240. The minimum atomic E-state index is 0.263. The zero-order valence-electron chi connectivity index (χ0n) is 14.8. The minimum Gasteiger partial charge on any atom is -0.317 e. The van der Waals surface area contributed by atoms with Gasteiger partial charge in [-0.2, -0.15) is 0 Å². The van der Waals surface area contributed by atoms with E-state index in [0.717, 1.165) is 78.5 Å². The maximum Gasteiger partial charge on any atom is 0.0202 e. The van der Waals surface area contributed by atoms with Gasteiger partial charge in [0.25, 0.3) is 0 Å². The van der Waals surface area contributed by atoms with E-state index in [9.17, 15) is 0 Å². The molecule has 6 N–H and O–H groups in total. The predicted octanol–water partition coefficient (Wildman–Crippen LogP) is -0.902. The minimum absolute atomic E-state index is 0.263. The van der Waals surface area contributed by atoms with Crippen LogP contribution in [0, 0.1) is 5.41 Å². The average molecular weight is 327 g/mol. The molecular weight excluding hydrogens is 288 g/mol. The lowest BCUT2D eigenvalue weighted by molar-refractivity contribution is 0.232. The fraction of sp³-hybridized carbons (Fsp3) is 1.00. The molecule has 0 unspecified atom stereocenters. The van der Waals surface area contributed by atoms with Gasteiger partial charge >= 0.3 is 0 Å². The van der Waals surface area contributed by atoms with Gasteiger partial charge in [0, 0.05) is 31.6 Å². The molecule has 0 aromatic heterocycles. The first kappa shape index (κ1) is 19.1. The van der Waals surface area contributed by atoms with Crippen LogP contribution in [0.2, 0.25) is 0 Å². The Morgan fingerprint density at radius 3 is 0.913 bits per heavy atom. The molecule has 0 amide bonds. The summed E-state index contributed by atoms with van der Waals surface area (Å²) in [5.74, 6) is 0. The van der Waals surface area contributed by atoms with Gasteiger partial charge in [-0.3, -0.25) is 0 Å². The first-order chi connectivity index (χ1) is 11.4. The van der Waals surface area contributed by atoms with Gasteiger partial charge in [0.2, 0.25) is 0 Å². The highest BCUT2D eigenvalue weighted by molar-refractivity contribution is 4.89. The summed E-state index contributed by atoms with van der Waals surface area (Å²) in [5.41, 5.74) is 0.263. The van der Waals surface area contributed by atoms with Crippen molar-refractivity contribution >= 4 is 0 Å². The Labute approximate surface area is 142 Å². The van der Waals surface area contributed by atoms with E-state index in [1.54, 1.807) is 0 Å². The van der Waals surface area contributed by atoms with Crippen LogP contribution in [0.3, 0.4) is 0 Å². The number of nitrogens with one attached hydrogen (secondary N) is 6. The second-order valence-electron chi connectivity index (χ2n) is 7.12. The molecule has 2 rings (SSSR count). The predicted molar refractivity (Wildman–Crippen MR) is 98.1 cm³/mol. The Balaban J connectivity index is 1.89. The molecule has 0 saturated carbocycles. The van der Waals surface area contributed by atoms with Crippen molar-refractivity contribution in [2.75, 3.05) is 78.5 Å². The molecule has 2 aliphatic rings. The summed E-state index contributed by atoms with van der Waals surface area (Å²) in [7, 11) is 0. The van der Waals surface area contributed by atoms with Gasteiger partial charge in [0.1, 0.15) is 0 Å². The maximum absolute atomic E-state index is 3.70. The van der Waals surface area contributed by atoms with Crippen molar-refractivity contribution in [2.24, 2.45) is 5.41 Å². The van der Waals surface area contributed by atoms with E-state index in [4.69, 9.17) is 0 Å². The molecule has 0 aromatic rings. The fourth-order valence-corrected chi connectivity index (χ4v) is 3.39. The van der Waals surface area contributed by atoms with E-state index >= 15 is 0 Å². The standard InChI is InChI=1S/C17H38N6/c1-5-18-6-2-10-21-14-17(13-20-9-1)15-22-11-3-7-19-8-4-12-23-16-17/h18-23H,1-16H2. The molecule has 0 atom stereocenters. The molecule has 0 bridgehead atoms. The Morgan fingerprint density at radius 1 is 0.348 bits per heavy atom. The van der Waals surface area contributed by atoms with E-state index < -0.39 is 0 Å². The molecule has 6 heteroatoms. The van der Waals surface area contributed by atoms with Crippen LogP contribution in [-0.2, 0) is 0 Å². The first-order valence-electron chi connectivity index (χ1n) is 9.66. The molecule has 0 radical (unpaired) electrons. The zero-order valence-corrected chi connectivity index (χ0v) is 14.8. The van der Waals surface area contributed by atoms with E-state index in [2.05, 4.69) is 31.9 Å². The van der Waals surface area contributed by atoms with Crippen molar-refractivity contribution in [1.82, 2.24) is 31.9 Å². The van der Waals surface area contributed by atoms with Gasteiger partial charge in [-0.15, -0.1) is 0 Å². The van der Waals surface area contributed by atoms with Crippen LogP contribution in [0.15, 0.2) is 0 Å². The van der Waals surface area contributed by atoms with Crippen LogP contribution < -0.4 is 31.9 Å². The van der Waals surface area contributed by atoms with Crippen LogP contribution in [0.5, 0.6) is 0 Å². The summed E-state index contributed by atoms with van der Waals surface area (Å²) >= 11 is 0. The lowest BCUT2D eigenvalue weighted by atomic mass is 9.86. The van der Waals surface area contributed by atoms with Crippen LogP contribution in [0.1, 0.15) is 25.7 Å². The Kier molecular flexibility index (Phi) is 10.1. The summed E-state index contributed by atoms with van der Waals surface area (Å²) in [6, 6.07) is 0. The van der Waals surface area contributed by atoms with Crippen LogP contribution in [0.4, 0.5) is 0 Å². The Morgan fingerprint density at radius 2 is 0.609 bits per heavy atom. The lowest BCUT2D eigenvalue weighted by Crippen LogP contribution is -2.55. The molecule has 1 spiro atoms. The van der Waals surface area contributed by atoms with Gasteiger partial charge in [-0.25, -0.2) is 0 Å². The molecule has 2 aliphatic heterocycles. The molecule has 2 saturated heterocycles. The summed E-state index contributed by atoms with van der Waals surface area (Å²) < 4.78 is 0. The largest absolute Gasteiger partial charge is 0.317 e. The molecule has 2 heterocycles. The molecule has 23 heavy (non-hydrogen) atoms. The third kappa shape index (κ3) is 8.42. The lowest BCUT2D eigenvalue weighted by Gasteiger charge is -2.36. The summed E-state index contributed by atoms with van der Waals surface area (Å²) in [6.07, 6.45) is 4.87. The second kappa shape index (κ2) is 12.2. The van der Waals surface area contributed by atoms with Crippen molar-refractivity contribution in [3.63, 3.8) is 0 Å². The van der Waals surface area contributed by atoms with Crippen LogP contribution in [0.25, 0.3) is 0 Å². The highest BCUT2D eigenvalue weighted by Gasteiger charge is 2.29. The maximum atomic E-state index is 3.70. The van der Waals surface area contributed by atoms with Crippen LogP contribution in [-0.4, -0.2) is 78.5 Å². The normalized spacial score (nSPS) is 27.1. The molecule has 0 aliphatic carbocycles. The summed E-state index contributed by atoms with van der Waals surface area (Å²) in [6.45, 7) is 13.3. The average Bonchev–Trinajstić information content (AvgIpc) is 2.54. The monoisotopic (exact) mass is 326 g/mol. The van der Waals surface area contributed by atoms with Crippen molar-refractivity contribution in [3.8, 4) is 0 Å². The molecule has 6 nitrogen and oxygen atoms in total. The van der Waals surface area contributed by atoms with E-state index in [1.165, 1.54) is 25.7 Å². The number of rotatable bonds is 0. The summed E-state index contributed by atoms with van der Waals surface area (Å²) in [5, 5.41) is 21.8. The number of hydrogen-bond acceptors (Lipinski definition) is 6. The van der Waals surface area contributed by atoms with E-state index in [-0.39, 0.29) is 5.41 Å². The molecular formula is C17H38N6.